The Bertz CT molecular complexity index is 214. The Morgan fingerprint density at radius 3 is 1.59 bits per heavy atom. The highest BCUT2D eigenvalue weighted by atomic mass is 16.2. The third-order valence-corrected chi connectivity index (χ3v) is 2.51. The fourth-order valence-electron chi connectivity index (χ4n) is 1.51. The van der Waals surface area contributed by atoms with E-state index in [2.05, 4.69) is 43.4 Å². The van der Waals surface area contributed by atoms with Crippen molar-refractivity contribution >= 4 is 0 Å². The largest absolute Gasteiger partial charge is 0.396 e. The van der Waals surface area contributed by atoms with E-state index in [1.807, 2.05) is 0 Å². The van der Waals surface area contributed by atoms with Gasteiger partial charge in [0.15, 0.2) is 0 Å². The summed E-state index contributed by atoms with van der Waals surface area (Å²) in [5.41, 5.74) is 0. The van der Waals surface area contributed by atoms with E-state index in [1.165, 1.54) is 6.42 Å². The van der Waals surface area contributed by atoms with Gasteiger partial charge in [0.2, 0.25) is 0 Å². The SMILES string of the molecule is CC/C=C\CC/C=C/CC/C=C/CCCCO. The van der Waals surface area contributed by atoms with E-state index in [0.717, 1.165) is 44.9 Å². The van der Waals surface area contributed by atoms with Crippen molar-refractivity contribution in [1.82, 2.24) is 0 Å². The third kappa shape index (κ3) is 15.2. The van der Waals surface area contributed by atoms with Crippen LogP contribution in [0.3, 0.4) is 0 Å². The van der Waals surface area contributed by atoms with E-state index in [-0.39, 0.29) is 0 Å². The number of rotatable bonds is 11. The second-order valence-corrected chi connectivity index (χ2v) is 4.20. The summed E-state index contributed by atoms with van der Waals surface area (Å²) < 4.78 is 0. The molecule has 1 heteroatoms. The molecule has 0 bridgehead atoms. The van der Waals surface area contributed by atoms with Crippen molar-refractivity contribution in [3.05, 3.63) is 36.5 Å². The highest BCUT2D eigenvalue weighted by molar-refractivity contribution is 4.90. The molecule has 0 aromatic rings. The first kappa shape index (κ1) is 16.2. The minimum absolute atomic E-state index is 0.322. The van der Waals surface area contributed by atoms with Gasteiger partial charge < -0.3 is 5.11 Å². The summed E-state index contributed by atoms with van der Waals surface area (Å²) in [5, 5.41) is 8.61. The van der Waals surface area contributed by atoms with Gasteiger partial charge in [-0.3, -0.25) is 0 Å². The first-order chi connectivity index (χ1) is 8.41. The first-order valence-corrected chi connectivity index (χ1v) is 6.97. The average Bonchev–Trinajstić information content (AvgIpc) is 2.35. The second kappa shape index (κ2) is 15.2. The molecule has 98 valence electrons. The summed E-state index contributed by atoms with van der Waals surface area (Å²) in [6.45, 7) is 2.49. The second-order valence-electron chi connectivity index (χ2n) is 4.20. The lowest BCUT2D eigenvalue weighted by Gasteiger charge is -1.91. The Hall–Kier alpha value is -0.820. The molecule has 1 nitrogen and oxygen atoms in total. The molecule has 0 unspecified atom stereocenters. The maximum Gasteiger partial charge on any atom is 0.0431 e. The van der Waals surface area contributed by atoms with Crippen LogP contribution in [0, 0.1) is 0 Å². The van der Waals surface area contributed by atoms with Gasteiger partial charge in [-0.1, -0.05) is 43.4 Å². The molecular weight excluding hydrogens is 208 g/mol. The first-order valence-electron chi connectivity index (χ1n) is 6.97. The number of aliphatic hydroxyl groups excluding tert-OH is 1. The van der Waals surface area contributed by atoms with Gasteiger partial charge in [-0.2, -0.15) is 0 Å². The number of hydrogen-bond acceptors (Lipinski definition) is 1. The quantitative estimate of drug-likeness (QED) is 0.404. The molecule has 0 atom stereocenters. The van der Waals surface area contributed by atoms with Gasteiger partial charge in [0.1, 0.15) is 0 Å². The molecular formula is C16H28O. The molecule has 0 aromatic heterocycles. The van der Waals surface area contributed by atoms with E-state index in [0.29, 0.717) is 6.61 Å². The smallest absolute Gasteiger partial charge is 0.0431 e. The van der Waals surface area contributed by atoms with Crippen LogP contribution in [0.25, 0.3) is 0 Å². The van der Waals surface area contributed by atoms with Crippen molar-refractivity contribution in [3.63, 3.8) is 0 Å². The van der Waals surface area contributed by atoms with Crippen LogP contribution in [0.1, 0.15) is 58.3 Å². The van der Waals surface area contributed by atoms with E-state index in [9.17, 15) is 0 Å². The van der Waals surface area contributed by atoms with Crippen molar-refractivity contribution in [2.24, 2.45) is 0 Å². The summed E-state index contributed by atoms with van der Waals surface area (Å²) in [7, 11) is 0. The molecule has 0 spiro atoms. The standard InChI is InChI=1S/C16H28O/c1-2-3-4-5-6-7-8-9-10-11-12-13-14-15-16-17/h3-4,7-8,11-12,17H,2,5-6,9-10,13-16H2,1H3/b4-3-,8-7+,12-11+. The maximum absolute atomic E-state index is 8.61. The zero-order valence-electron chi connectivity index (χ0n) is 11.3. The Morgan fingerprint density at radius 2 is 1.12 bits per heavy atom. The molecule has 0 aliphatic heterocycles. The van der Waals surface area contributed by atoms with E-state index in [1.54, 1.807) is 0 Å². The Balaban J connectivity index is 3.21. The lowest BCUT2D eigenvalue weighted by atomic mass is 10.2. The Morgan fingerprint density at radius 1 is 0.647 bits per heavy atom. The van der Waals surface area contributed by atoms with Gasteiger partial charge in [-0.05, 0) is 51.4 Å². The molecule has 1 N–H and O–H groups in total. The highest BCUT2D eigenvalue weighted by Gasteiger charge is 1.82. The summed E-state index contributed by atoms with van der Waals surface area (Å²) in [4.78, 5) is 0. The van der Waals surface area contributed by atoms with Crippen LogP contribution in [0.5, 0.6) is 0 Å². The molecule has 0 aromatic carbocycles. The molecule has 17 heavy (non-hydrogen) atoms. The van der Waals surface area contributed by atoms with Crippen molar-refractivity contribution in [3.8, 4) is 0 Å². The zero-order chi connectivity index (χ0) is 12.6. The number of unbranched alkanes of at least 4 members (excludes halogenated alkanes) is 4. The van der Waals surface area contributed by atoms with Crippen molar-refractivity contribution < 1.29 is 5.11 Å². The van der Waals surface area contributed by atoms with Crippen LogP contribution in [-0.2, 0) is 0 Å². The fraction of sp³-hybridized carbons (Fsp3) is 0.625. The number of aliphatic hydroxyl groups is 1. The van der Waals surface area contributed by atoms with Crippen LogP contribution in [0.4, 0.5) is 0 Å². The average molecular weight is 236 g/mol. The normalized spacial score (nSPS) is 12.4. The van der Waals surface area contributed by atoms with Crippen LogP contribution in [0.2, 0.25) is 0 Å². The van der Waals surface area contributed by atoms with Crippen LogP contribution in [0.15, 0.2) is 36.5 Å². The highest BCUT2D eigenvalue weighted by Crippen LogP contribution is 2.00. The Labute approximate surface area is 107 Å². The zero-order valence-corrected chi connectivity index (χ0v) is 11.3. The van der Waals surface area contributed by atoms with Gasteiger partial charge in [-0.25, -0.2) is 0 Å². The van der Waals surface area contributed by atoms with Crippen LogP contribution in [-0.4, -0.2) is 11.7 Å². The summed E-state index contributed by atoms with van der Waals surface area (Å²) >= 11 is 0. The van der Waals surface area contributed by atoms with Gasteiger partial charge in [-0.15, -0.1) is 0 Å². The van der Waals surface area contributed by atoms with Gasteiger partial charge >= 0.3 is 0 Å². The monoisotopic (exact) mass is 236 g/mol. The summed E-state index contributed by atoms with van der Waals surface area (Å²) in [6.07, 6.45) is 22.4. The third-order valence-electron chi connectivity index (χ3n) is 2.51. The van der Waals surface area contributed by atoms with Crippen LogP contribution < -0.4 is 0 Å². The Kier molecular flexibility index (Phi) is 14.4. The lowest BCUT2D eigenvalue weighted by molar-refractivity contribution is 0.285. The molecule has 0 saturated heterocycles. The minimum Gasteiger partial charge on any atom is -0.396 e. The molecule has 0 aliphatic rings. The number of hydrogen-bond donors (Lipinski definition) is 1. The van der Waals surface area contributed by atoms with Gasteiger partial charge in [0, 0.05) is 6.61 Å². The van der Waals surface area contributed by atoms with E-state index >= 15 is 0 Å². The van der Waals surface area contributed by atoms with Gasteiger partial charge in [0.05, 0.1) is 0 Å². The minimum atomic E-state index is 0.322. The van der Waals surface area contributed by atoms with E-state index < -0.39 is 0 Å². The van der Waals surface area contributed by atoms with E-state index in [4.69, 9.17) is 5.11 Å². The fourth-order valence-corrected chi connectivity index (χ4v) is 1.51. The predicted octanol–water partition coefficient (Wildman–Crippen LogP) is 4.79. The molecule has 0 saturated carbocycles. The maximum atomic E-state index is 8.61. The topological polar surface area (TPSA) is 20.2 Å². The van der Waals surface area contributed by atoms with Gasteiger partial charge in [0.25, 0.3) is 0 Å². The summed E-state index contributed by atoms with van der Waals surface area (Å²) in [5.74, 6) is 0. The van der Waals surface area contributed by atoms with Crippen LogP contribution >= 0.6 is 0 Å². The van der Waals surface area contributed by atoms with Crippen molar-refractivity contribution in [1.29, 1.82) is 0 Å². The number of allylic oxidation sites excluding steroid dienone is 6. The molecule has 0 rings (SSSR count). The predicted molar refractivity (Wildman–Crippen MR) is 77.1 cm³/mol. The van der Waals surface area contributed by atoms with Crippen molar-refractivity contribution in [2.75, 3.05) is 6.61 Å². The molecule has 0 radical (unpaired) electrons. The van der Waals surface area contributed by atoms with Crippen molar-refractivity contribution in [2.45, 2.75) is 58.3 Å². The molecule has 0 aliphatic carbocycles. The lowest BCUT2D eigenvalue weighted by Crippen LogP contribution is -1.80. The molecule has 0 heterocycles. The molecule has 0 fully saturated rings. The summed E-state index contributed by atoms with van der Waals surface area (Å²) in [6, 6.07) is 0. The molecule has 0 amide bonds.